The van der Waals surface area contributed by atoms with Gasteiger partial charge in [-0.3, -0.25) is 0 Å². The molecule has 0 aliphatic carbocycles. The summed E-state index contributed by atoms with van der Waals surface area (Å²) in [5.41, 5.74) is 15.9. The van der Waals surface area contributed by atoms with Crippen LogP contribution >= 0.6 is 11.3 Å². The lowest BCUT2D eigenvalue weighted by Crippen LogP contribution is -2.16. The summed E-state index contributed by atoms with van der Waals surface area (Å²) in [5, 5.41) is 4.79. The van der Waals surface area contributed by atoms with Crippen molar-refractivity contribution in [3.8, 4) is 33.4 Å². The molecule has 2 aromatic heterocycles. The van der Waals surface area contributed by atoms with E-state index in [0.717, 1.165) is 61.3 Å². The Morgan fingerprint density at radius 2 is 0.922 bits per heavy atom. The van der Waals surface area contributed by atoms with Gasteiger partial charge in [0.1, 0.15) is 11.2 Å². The van der Waals surface area contributed by atoms with Crippen LogP contribution in [-0.2, 0) is 0 Å². The van der Waals surface area contributed by atoms with E-state index in [0.29, 0.717) is 0 Å². The van der Waals surface area contributed by atoms with Gasteiger partial charge >= 0.3 is 0 Å². The summed E-state index contributed by atoms with van der Waals surface area (Å²) < 4.78 is 8.80. The predicted molar refractivity (Wildman–Crippen MR) is 271 cm³/mol. The van der Waals surface area contributed by atoms with Crippen LogP contribution in [0.4, 0.5) is 17.1 Å². The smallest absolute Gasteiger partial charge is 0.135 e. The molecule has 0 radical (unpaired) electrons. The van der Waals surface area contributed by atoms with Crippen molar-refractivity contribution in [2.24, 2.45) is 0 Å². The quantitative estimate of drug-likeness (QED) is 0.135. The second-order valence-electron chi connectivity index (χ2n) is 16.4. The highest BCUT2D eigenvalue weighted by Gasteiger charge is 2.28. The lowest BCUT2D eigenvalue weighted by Gasteiger charge is -2.32. The fourth-order valence-electron chi connectivity index (χ4n) is 9.61. The molecule has 0 spiro atoms. The van der Waals surface area contributed by atoms with Gasteiger partial charge in [-0.1, -0.05) is 188 Å². The van der Waals surface area contributed by atoms with Crippen LogP contribution in [0.3, 0.4) is 0 Å². The molecule has 302 valence electrons. The number of anilines is 3. The zero-order valence-electron chi connectivity index (χ0n) is 34.9. The lowest BCUT2D eigenvalue weighted by molar-refractivity contribution is 0.669. The minimum absolute atomic E-state index is 0.0590. The molecule has 12 aromatic rings. The first-order valence-corrected chi connectivity index (χ1v) is 22.7. The van der Waals surface area contributed by atoms with Crippen molar-refractivity contribution < 1.29 is 4.42 Å². The summed E-state index contributed by atoms with van der Waals surface area (Å²) in [7, 11) is 0. The molecule has 0 saturated heterocycles. The minimum Gasteiger partial charge on any atom is -0.456 e. The van der Waals surface area contributed by atoms with Crippen LogP contribution in [0.15, 0.2) is 247 Å². The van der Waals surface area contributed by atoms with Gasteiger partial charge in [-0.25, -0.2) is 0 Å². The number of nitrogens with zero attached hydrogens (tertiary/aromatic N) is 1. The van der Waals surface area contributed by atoms with Crippen LogP contribution in [0.5, 0.6) is 0 Å². The molecule has 0 bridgehead atoms. The van der Waals surface area contributed by atoms with Gasteiger partial charge in [0, 0.05) is 48.1 Å². The molecule has 0 atom stereocenters. The Morgan fingerprint density at radius 3 is 1.62 bits per heavy atom. The van der Waals surface area contributed by atoms with Crippen molar-refractivity contribution in [1.29, 1.82) is 0 Å². The van der Waals surface area contributed by atoms with Gasteiger partial charge in [0.15, 0.2) is 0 Å². The number of furan rings is 1. The molecule has 0 fully saturated rings. The van der Waals surface area contributed by atoms with Gasteiger partial charge in [0.05, 0.1) is 11.4 Å². The number of fused-ring (bicyclic) bond motifs is 6. The van der Waals surface area contributed by atoms with E-state index in [1.165, 1.54) is 48.0 Å². The Morgan fingerprint density at radius 1 is 0.359 bits per heavy atom. The second-order valence-corrected chi connectivity index (χ2v) is 17.4. The van der Waals surface area contributed by atoms with E-state index in [9.17, 15) is 0 Å². The van der Waals surface area contributed by atoms with Crippen LogP contribution in [0.2, 0.25) is 0 Å². The van der Waals surface area contributed by atoms with E-state index >= 15 is 0 Å². The molecule has 64 heavy (non-hydrogen) atoms. The molecule has 12 rings (SSSR count). The van der Waals surface area contributed by atoms with Gasteiger partial charge in [0.25, 0.3) is 0 Å². The number of thiophene rings is 1. The maximum Gasteiger partial charge on any atom is 0.135 e. The fourth-order valence-corrected chi connectivity index (χ4v) is 10.9. The zero-order valence-corrected chi connectivity index (χ0v) is 35.8. The second kappa shape index (κ2) is 16.0. The first kappa shape index (κ1) is 37.8. The maximum absolute atomic E-state index is 6.25. The number of hydrogen-bond donors (Lipinski definition) is 0. The Hall–Kier alpha value is -7.98. The van der Waals surface area contributed by atoms with E-state index in [2.05, 4.69) is 235 Å². The standard InChI is InChI=1S/C61H41NOS/c1-6-19-41(20-7-1)48-30-18-31-50-53-39-54(60(43-23-10-3-11-24-43)44-25-12-4-13-26-44)56(40-59(53)64-61(48)50)62(47-27-14-5-15-28-47)55-35-33-45(37-51(55)42-21-8-2-9-22-42)46-34-36-58-52(38-46)49-29-16-17-32-57(49)63-58/h1-40,60H. The monoisotopic (exact) mass is 835 g/mol. The molecule has 2 nitrogen and oxygen atoms in total. The van der Waals surface area contributed by atoms with E-state index < -0.39 is 0 Å². The van der Waals surface area contributed by atoms with Crippen LogP contribution in [0.1, 0.15) is 22.6 Å². The third-order valence-corrected chi connectivity index (χ3v) is 13.8. The number of rotatable bonds is 9. The van der Waals surface area contributed by atoms with E-state index in [1.54, 1.807) is 0 Å². The SMILES string of the molecule is c1ccc(-c2cc(-c3ccc4oc5ccccc5c4c3)ccc2N(c2ccccc2)c2cc3sc4c(-c5ccccc5)cccc4c3cc2C(c2ccccc2)c2ccccc2)cc1. The third kappa shape index (κ3) is 6.66. The number of hydrogen-bond acceptors (Lipinski definition) is 3. The molecular formula is C61H41NOS. The Balaban J connectivity index is 1.15. The molecule has 0 N–H and O–H groups in total. The van der Waals surface area contributed by atoms with Crippen molar-refractivity contribution in [2.45, 2.75) is 5.92 Å². The number of benzene rings is 10. The first-order chi connectivity index (χ1) is 31.7. The van der Waals surface area contributed by atoms with Crippen molar-refractivity contribution in [1.82, 2.24) is 0 Å². The predicted octanol–water partition coefficient (Wildman–Crippen LogP) is 17.6. The van der Waals surface area contributed by atoms with Crippen LogP contribution in [0.25, 0.3) is 75.5 Å². The highest BCUT2D eigenvalue weighted by atomic mass is 32.1. The van der Waals surface area contributed by atoms with Gasteiger partial charge in [-0.2, -0.15) is 0 Å². The van der Waals surface area contributed by atoms with Gasteiger partial charge in [-0.05, 0) is 99.1 Å². The molecule has 2 heterocycles. The molecular weight excluding hydrogens is 795 g/mol. The maximum atomic E-state index is 6.25. The lowest BCUT2D eigenvalue weighted by atomic mass is 9.83. The largest absolute Gasteiger partial charge is 0.456 e. The molecule has 10 aromatic carbocycles. The summed E-state index contributed by atoms with van der Waals surface area (Å²) in [6.07, 6.45) is 0. The van der Waals surface area contributed by atoms with E-state index in [1.807, 2.05) is 23.5 Å². The van der Waals surface area contributed by atoms with Crippen LogP contribution in [-0.4, -0.2) is 0 Å². The molecule has 0 saturated carbocycles. The highest BCUT2D eigenvalue weighted by Crippen LogP contribution is 2.51. The van der Waals surface area contributed by atoms with Crippen molar-refractivity contribution in [3.63, 3.8) is 0 Å². The molecule has 3 heteroatoms. The normalized spacial score (nSPS) is 11.6. The fraction of sp³-hybridized carbons (Fsp3) is 0.0164. The summed E-state index contributed by atoms with van der Waals surface area (Å²) in [4.78, 5) is 2.51. The Kier molecular flexibility index (Phi) is 9.47. The summed E-state index contributed by atoms with van der Waals surface area (Å²) in [6, 6.07) is 88.2. The Labute approximate surface area is 376 Å². The third-order valence-electron chi connectivity index (χ3n) is 12.6. The Bertz CT molecular complexity index is 3560. The van der Waals surface area contributed by atoms with Crippen LogP contribution in [0, 0.1) is 0 Å². The molecule has 0 aliphatic heterocycles. The highest BCUT2D eigenvalue weighted by molar-refractivity contribution is 7.26. The molecule has 0 aliphatic rings. The number of para-hydroxylation sites is 2. The van der Waals surface area contributed by atoms with E-state index in [-0.39, 0.29) is 5.92 Å². The van der Waals surface area contributed by atoms with E-state index in [4.69, 9.17) is 4.42 Å². The first-order valence-electron chi connectivity index (χ1n) is 21.9. The molecule has 0 unspecified atom stereocenters. The summed E-state index contributed by atoms with van der Waals surface area (Å²) in [5.74, 6) is -0.0590. The average Bonchev–Trinajstić information content (AvgIpc) is 3.93. The minimum atomic E-state index is -0.0590. The average molecular weight is 836 g/mol. The van der Waals surface area contributed by atoms with Crippen molar-refractivity contribution >= 4 is 70.5 Å². The van der Waals surface area contributed by atoms with Gasteiger partial charge in [0.2, 0.25) is 0 Å². The van der Waals surface area contributed by atoms with Crippen molar-refractivity contribution in [2.75, 3.05) is 4.90 Å². The van der Waals surface area contributed by atoms with Gasteiger partial charge in [-0.15, -0.1) is 11.3 Å². The van der Waals surface area contributed by atoms with Crippen LogP contribution < -0.4 is 4.90 Å². The summed E-state index contributed by atoms with van der Waals surface area (Å²) >= 11 is 1.89. The zero-order chi connectivity index (χ0) is 42.4. The van der Waals surface area contributed by atoms with Gasteiger partial charge < -0.3 is 9.32 Å². The van der Waals surface area contributed by atoms with Crippen molar-refractivity contribution in [3.05, 3.63) is 259 Å². The summed E-state index contributed by atoms with van der Waals surface area (Å²) in [6.45, 7) is 0. The topological polar surface area (TPSA) is 16.4 Å². The molecule has 0 amide bonds.